The molecule has 0 fully saturated rings. The van der Waals surface area contributed by atoms with Crippen molar-refractivity contribution in [3.8, 4) is 11.5 Å². The lowest BCUT2D eigenvalue weighted by atomic mass is 10.2. The Balaban J connectivity index is 0.00000338. The molecule has 1 aromatic rings. The van der Waals surface area contributed by atoms with Crippen LogP contribution in [0.1, 0.15) is 33.1 Å². The van der Waals surface area contributed by atoms with Crippen molar-refractivity contribution >= 4 is 41.6 Å². The molecule has 0 saturated carbocycles. The van der Waals surface area contributed by atoms with E-state index in [0.29, 0.717) is 45.2 Å². The number of aliphatic imine (C=N–C) groups is 1. The molecular weight excluding hydrogens is 449 g/mol. The lowest BCUT2D eigenvalue weighted by Gasteiger charge is -2.13. The zero-order valence-electron chi connectivity index (χ0n) is 15.4. The Morgan fingerprint density at radius 1 is 1.23 bits per heavy atom. The number of hydrogen-bond donors (Lipinski definition) is 2. The maximum absolute atomic E-state index is 11.3. The van der Waals surface area contributed by atoms with E-state index < -0.39 is 0 Å². The van der Waals surface area contributed by atoms with Gasteiger partial charge in [0, 0.05) is 37.7 Å². The Bertz CT molecular complexity index is 596. The molecule has 26 heavy (non-hydrogen) atoms. The number of nitrogens with one attached hydrogen (secondary N) is 2. The summed E-state index contributed by atoms with van der Waals surface area (Å²) in [5, 5.41) is 6.44. The molecule has 0 spiro atoms. The number of nitrogens with zero attached hydrogens (tertiary/aromatic N) is 1. The molecule has 0 unspecified atom stereocenters. The second kappa shape index (κ2) is 12.6. The SMILES string of the molecule is CCNC(=NCCCC(=O)OCC)Nc1ccc2c(c1)OCCCO2.I. The highest BCUT2D eigenvalue weighted by Gasteiger charge is 2.11. The zero-order chi connectivity index (χ0) is 17.9. The minimum absolute atomic E-state index is 0. The first-order valence-corrected chi connectivity index (χ1v) is 8.83. The number of rotatable bonds is 7. The van der Waals surface area contributed by atoms with Gasteiger partial charge in [-0.25, -0.2) is 0 Å². The summed E-state index contributed by atoms with van der Waals surface area (Å²) in [5.74, 6) is 1.99. The summed E-state index contributed by atoms with van der Waals surface area (Å²) in [4.78, 5) is 15.8. The summed E-state index contributed by atoms with van der Waals surface area (Å²) in [5.41, 5.74) is 0.870. The number of carbonyl (C=O) groups excluding carboxylic acids is 1. The van der Waals surface area contributed by atoms with E-state index in [1.54, 1.807) is 6.92 Å². The Morgan fingerprint density at radius 2 is 2.00 bits per heavy atom. The summed E-state index contributed by atoms with van der Waals surface area (Å²) < 4.78 is 16.2. The van der Waals surface area contributed by atoms with Crippen molar-refractivity contribution in [2.45, 2.75) is 33.1 Å². The highest BCUT2D eigenvalue weighted by molar-refractivity contribution is 14.0. The van der Waals surface area contributed by atoms with Crippen LogP contribution < -0.4 is 20.1 Å². The first-order chi connectivity index (χ1) is 12.2. The minimum atomic E-state index is -0.182. The van der Waals surface area contributed by atoms with E-state index in [0.717, 1.165) is 30.2 Å². The summed E-state index contributed by atoms with van der Waals surface area (Å²) in [7, 11) is 0. The Kier molecular flexibility index (Phi) is 10.8. The molecule has 146 valence electrons. The van der Waals surface area contributed by atoms with Gasteiger partial charge in [0.2, 0.25) is 0 Å². The average Bonchev–Trinajstić information content (AvgIpc) is 2.84. The van der Waals surface area contributed by atoms with Gasteiger partial charge in [-0.1, -0.05) is 0 Å². The van der Waals surface area contributed by atoms with Gasteiger partial charge in [-0.2, -0.15) is 0 Å². The fourth-order valence-corrected chi connectivity index (χ4v) is 2.33. The topological polar surface area (TPSA) is 81.2 Å². The van der Waals surface area contributed by atoms with E-state index in [1.807, 2.05) is 25.1 Å². The van der Waals surface area contributed by atoms with Gasteiger partial charge in [-0.05, 0) is 32.4 Å². The summed E-state index contributed by atoms with van der Waals surface area (Å²) in [6, 6.07) is 5.73. The molecule has 0 atom stereocenters. The van der Waals surface area contributed by atoms with E-state index >= 15 is 0 Å². The zero-order valence-corrected chi connectivity index (χ0v) is 17.7. The highest BCUT2D eigenvalue weighted by atomic mass is 127. The molecule has 0 bridgehead atoms. The van der Waals surface area contributed by atoms with Crippen LogP contribution in [0.2, 0.25) is 0 Å². The monoisotopic (exact) mass is 477 g/mol. The van der Waals surface area contributed by atoms with Crippen molar-refractivity contribution in [3.05, 3.63) is 18.2 Å². The second-order valence-electron chi connectivity index (χ2n) is 5.51. The standard InChI is InChI=1S/C18H27N3O4.HI/c1-3-19-18(20-10-5-7-17(22)23-4-2)21-14-8-9-15-16(13-14)25-12-6-11-24-15;/h8-9,13H,3-7,10-12H2,1-2H3,(H2,19,20,21);1H. The van der Waals surface area contributed by atoms with E-state index in [2.05, 4.69) is 15.6 Å². The number of halogens is 1. The molecule has 2 rings (SSSR count). The second-order valence-corrected chi connectivity index (χ2v) is 5.51. The maximum atomic E-state index is 11.3. The predicted octanol–water partition coefficient (Wildman–Crippen LogP) is 3.19. The van der Waals surface area contributed by atoms with Gasteiger partial charge in [0.1, 0.15) is 0 Å². The molecule has 1 heterocycles. The van der Waals surface area contributed by atoms with Crippen LogP contribution in [0.4, 0.5) is 5.69 Å². The molecule has 0 aliphatic carbocycles. The third-order valence-corrected chi connectivity index (χ3v) is 3.47. The van der Waals surface area contributed by atoms with Crippen LogP contribution in [0, 0.1) is 0 Å². The van der Waals surface area contributed by atoms with Crippen molar-refractivity contribution in [1.29, 1.82) is 0 Å². The summed E-state index contributed by atoms with van der Waals surface area (Å²) in [6.07, 6.45) is 1.90. The number of carbonyl (C=O) groups is 1. The number of guanidine groups is 1. The van der Waals surface area contributed by atoms with Crippen LogP contribution >= 0.6 is 24.0 Å². The van der Waals surface area contributed by atoms with Crippen LogP contribution in [-0.2, 0) is 9.53 Å². The smallest absolute Gasteiger partial charge is 0.305 e. The molecule has 7 nitrogen and oxygen atoms in total. The van der Waals surface area contributed by atoms with Gasteiger partial charge in [0.05, 0.1) is 19.8 Å². The van der Waals surface area contributed by atoms with Gasteiger partial charge >= 0.3 is 5.97 Å². The van der Waals surface area contributed by atoms with Crippen LogP contribution in [0.5, 0.6) is 11.5 Å². The molecule has 0 amide bonds. The summed E-state index contributed by atoms with van der Waals surface area (Å²) in [6.45, 7) is 6.83. The fraction of sp³-hybridized carbons (Fsp3) is 0.556. The largest absolute Gasteiger partial charge is 0.490 e. The quantitative estimate of drug-likeness (QED) is 0.207. The van der Waals surface area contributed by atoms with E-state index in [9.17, 15) is 4.79 Å². The molecule has 1 aliphatic rings. The van der Waals surface area contributed by atoms with Gasteiger partial charge in [0.25, 0.3) is 0 Å². The van der Waals surface area contributed by atoms with Gasteiger partial charge in [-0.3, -0.25) is 9.79 Å². The normalized spacial score (nSPS) is 13.2. The first-order valence-electron chi connectivity index (χ1n) is 8.83. The van der Waals surface area contributed by atoms with E-state index in [-0.39, 0.29) is 29.9 Å². The Labute approximate surface area is 171 Å². The van der Waals surface area contributed by atoms with Crippen LogP contribution in [0.25, 0.3) is 0 Å². The molecule has 1 aliphatic heterocycles. The number of ether oxygens (including phenoxy) is 3. The van der Waals surface area contributed by atoms with Crippen molar-refractivity contribution < 1.29 is 19.0 Å². The number of anilines is 1. The average molecular weight is 477 g/mol. The number of benzene rings is 1. The number of fused-ring (bicyclic) bond motifs is 1. The molecule has 0 saturated heterocycles. The lowest BCUT2D eigenvalue weighted by Crippen LogP contribution is -2.30. The Hall–Kier alpha value is -1.71. The highest BCUT2D eigenvalue weighted by Crippen LogP contribution is 2.32. The van der Waals surface area contributed by atoms with Gasteiger partial charge < -0.3 is 24.8 Å². The number of esters is 1. The minimum Gasteiger partial charge on any atom is -0.490 e. The van der Waals surface area contributed by atoms with Crippen molar-refractivity contribution in [2.24, 2.45) is 4.99 Å². The maximum Gasteiger partial charge on any atom is 0.305 e. The van der Waals surface area contributed by atoms with Crippen LogP contribution in [0.15, 0.2) is 23.2 Å². The third-order valence-electron chi connectivity index (χ3n) is 3.47. The van der Waals surface area contributed by atoms with Crippen LogP contribution in [-0.4, -0.2) is 44.8 Å². The molecule has 0 aromatic heterocycles. The molecular formula is C18H28IN3O4. The summed E-state index contributed by atoms with van der Waals surface area (Å²) >= 11 is 0. The molecule has 2 N–H and O–H groups in total. The molecule has 1 aromatic carbocycles. The molecule has 8 heteroatoms. The fourth-order valence-electron chi connectivity index (χ4n) is 2.33. The van der Waals surface area contributed by atoms with Gasteiger partial charge in [-0.15, -0.1) is 24.0 Å². The first kappa shape index (κ1) is 22.3. The lowest BCUT2D eigenvalue weighted by molar-refractivity contribution is -0.143. The van der Waals surface area contributed by atoms with E-state index in [1.165, 1.54) is 0 Å². The van der Waals surface area contributed by atoms with Crippen molar-refractivity contribution in [3.63, 3.8) is 0 Å². The third kappa shape index (κ3) is 7.67. The molecule has 0 radical (unpaired) electrons. The van der Waals surface area contributed by atoms with E-state index in [4.69, 9.17) is 14.2 Å². The number of hydrogen-bond acceptors (Lipinski definition) is 5. The predicted molar refractivity (Wildman–Crippen MR) is 113 cm³/mol. The van der Waals surface area contributed by atoms with Gasteiger partial charge in [0.15, 0.2) is 17.5 Å². The van der Waals surface area contributed by atoms with Crippen LogP contribution in [0.3, 0.4) is 0 Å². The Morgan fingerprint density at radius 3 is 2.73 bits per heavy atom. The van der Waals surface area contributed by atoms with Crippen molar-refractivity contribution in [1.82, 2.24) is 5.32 Å². The van der Waals surface area contributed by atoms with Crippen molar-refractivity contribution in [2.75, 3.05) is 38.2 Å².